The van der Waals surface area contributed by atoms with Gasteiger partial charge in [-0.15, -0.1) is 0 Å². The Morgan fingerprint density at radius 2 is 0.534 bits per heavy atom. The fraction of sp³-hybridized carbons (Fsp3) is 0.806. The number of hydrogen-bond acceptors (Lipinski definition) is 6. The Morgan fingerprint density at radius 1 is 0.288 bits per heavy atom. The van der Waals surface area contributed by atoms with Crippen molar-refractivity contribution in [2.45, 2.75) is 335 Å². The lowest BCUT2D eigenvalue weighted by Gasteiger charge is -2.18. The largest absolute Gasteiger partial charge is 0.462 e. The van der Waals surface area contributed by atoms with E-state index in [9.17, 15) is 14.4 Å². The van der Waals surface area contributed by atoms with Gasteiger partial charge in [0, 0.05) is 19.3 Å². The van der Waals surface area contributed by atoms with Crippen LogP contribution >= 0.6 is 0 Å². The van der Waals surface area contributed by atoms with E-state index in [1.807, 2.05) is 0 Å². The zero-order chi connectivity index (χ0) is 52.9. The van der Waals surface area contributed by atoms with Gasteiger partial charge in [0.2, 0.25) is 0 Å². The van der Waals surface area contributed by atoms with Gasteiger partial charge in [-0.1, -0.05) is 287 Å². The van der Waals surface area contributed by atoms with Crippen LogP contribution in [0.25, 0.3) is 0 Å². The molecule has 6 nitrogen and oxygen atoms in total. The molecule has 0 amide bonds. The van der Waals surface area contributed by atoms with Gasteiger partial charge >= 0.3 is 17.9 Å². The molecule has 0 aromatic carbocycles. The van der Waals surface area contributed by atoms with Crippen molar-refractivity contribution >= 4 is 17.9 Å². The molecule has 73 heavy (non-hydrogen) atoms. The quantitative estimate of drug-likeness (QED) is 0.0261. The predicted molar refractivity (Wildman–Crippen MR) is 316 cm³/mol. The first-order valence-corrected chi connectivity index (χ1v) is 31.8. The second-order valence-corrected chi connectivity index (χ2v) is 21.3. The van der Waals surface area contributed by atoms with Crippen LogP contribution in [0.2, 0.25) is 0 Å². The highest BCUT2D eigenvalue weighted by atomic mass is 16.6. The summed E-state index contributed by atoms with van der Waals surface area (Å²) in [6.45, 7) is 6.53. The second kappa shape index (κ2) is 61.7. The maximum Gasteiger partial charge on any atom is 0.306 e. The monoisotopic (exact) mass is 1020 g/mol. The smallest absolute Gasteiger partial charge is 0.306 e. The molecule has 0 saturated carbocycles. The molecule has 0 aromatic rings. The van der Waals surface area contributed by atoms with E-state index in [2.05, 4.69) is 81.5 Å². The van der Waals surface area contributed by atoms with Gasteiger partial charge in [-0.3, -0.25) is 14.4 Å². The molecule has 0 rings (SSSR count). The number of esters is 3. The molecule has 0 N–H and O–H groups in total. The van der Waals surface area contributed by atoms with Crippen molar-refractivity contribution < 1.29 is 28.6 Å². The van der Waals surface area contributed by atoms with Crippen LogP contribution in [0.15, 0.2) is 60.8 Å². The lowest BCUT2D eigenvalue weighted by molar-refractivity contribution is -0.167. The first-order valence-electron chi connectivity index (χ1n) is 31.8. The lowest BCUT2D eigenvalue weighted by atomic mass is 10.0. The summed E-state index contributed by atoms with van der Waals surface area (Å²) < 4.78 is 16.9. The van der Waals surface area contributed by atoms with E-state index in [1.54, 1.807) is 0 Å². The van der Waals surface area contributed by atoms with Crippen molar-refractivity contribution in [3.8, 4) is 0 Å². The summed E-state index contributed by atoms with van der Waals surface area (Å²) in [7, 11) is 0. The molecule has 6 heteroatoms. The molecule has 0 spiro atoms. The van der Waals surface area contributed by atoms with Crippen molar-refractivity contribution in [1.82, 2.24) is 0 Å². The Kier molecular flexibility index (Phi) is 59.2. The van der Waals surface area contributed by atoms with Crippen LogP contribution in [0.1, 0.15) is 329 Å². The Labute approximate surface area is 453 Å². The van der Waals surface area contributed by atoms with Crippen molar-refractivity contribution in [3.05, 3.63) is 60.8 Å². The normalized spacial score (nSPS) is 12.4. The van der Waals surface area contributed by atoms with E-state index >= 15 is 0 Å². The third-order valence-electron chi connectivity index (χ3n) is 14.0. The van der Waals surface area contributed by atoms with Crippen molar-refractivity contribution in [3.63, 3.8) is 0 Å². The summed E-state index contributed by atoms with van der Waals surface area (Å²) in [5.41, 5.74) is 0. The van der Waals surface area contributed by atoms with Crippen LogP contribution in [-0.2, 0) is 28.6 Å². The van der Waals surface area contributed by atoms with Crippen LogP contribution < -0.4 is 0 Å². The molecule has 0 fully saturated rings. The van der Waals surface area contributed by atoms with Gasteiger partial charge in [-0.05, 0) is 83.5 Å². The van der Waals surface area contributed by atoms with Gasteiger partial charge < -0.3 is 14.2 Å². The molecule has 0 bridgehead atoms. The maximum absolute atomic E-state index is 12.9. The Hall–Kier alpha value is -2.89. The molecule has 0 radical (unpaired) electrons. The fourth-order valence-electron chi connectivity index (χ4n) is 9.25. The zero-order valence-electron chi connectivity index (χ0n) is 48.7. The predicted octanol–water partition coefficient (Wildman–Crippen LogP) is 21.6. The average Bonchev–Trinajstić information content (AvgIpc) is 3.39. The molecule has 0 unspecified atom stereocenters. The summed E-state index contributed by atoms with van der Waals surface area (Å²) >= 11 is 0. The van der Waals surface area contributed by atoms with E-state index in [0.717, 1.165) is 83.5 Å². The summed E-state index contributed by atoms with van der Waals surface area (Å²) in [4.78, 5) is 38.3. The molecule has 0 aliphatic heterocycles. The summed E-state index contributed by atoms with van der Waals surface area (Å²) in [5.74, 6) is -0.912. The minimum atomic E-state index is -0.791. The van der Waals surface area contributed by atoms with E-state index < -0.39 is 6.10 Å². The van der Waals surface area contributed by atoms with Gasteiger partial charge in [-0.2, -0.15) is 0 Å². The third-order valence-corrected chi connectivity index (χ3v) is 14.0. The van der Waals surface area contributed by atoms with Gasteiger partial charge in [-0.25, -0.2) is 0 Å². The first-order chi connectivity index (χ1) is 36.0. The number of hydrogen-bond donors (Lipinski definition) is 0. The number of ether oxygens (including phenoxy) is 3. The Balaban J connectivity index is 4.36. The van der Waals surface area contributed by atoms with E-state index in [4.69, 9.17) is 14.2 Å². The van der Waals surface area contributed by atoms with Gasteiger partial charge in [0.25, 0.3) is 0 Å². The van der Waals surface area contributed by atoms with Crippen LogP contribution in [0.3, 0.4) is 0 Å². The molecule has 424 valence electrons. The average molecular weight is 1020 g/mol. The van der Waals surface area contributed by atoms with Gasteiger partial charge in [0.15, 0.2) is 6.10 Å². The standard InChI is InChI=1S/C67H120O6/c1-4-7-10-13-16-19-22-25-28-30-32-33-35-36-39-42-45-48-51-54-57-60-66(69)72-63-64(62-71-65(68)59-56-53-50-47-44-41-38-27-24-21-18-15-12-9-6-3)73-67(70)61-58-55-52-49-46-43-40-37-34-31-29-26-23-20-17-14-11-8-5-2/h9,12,18,21,26-27,29,38,44,47,64H,4-8,10-11,13-17,19-20,22-25,28,30-37,39-43,45-46,48-63H2,1-3H3/b12-9-,21-18-,29-26-,38-27-,47-44-/t64-/m1/s1. The molecule has 0 aliphatic rings. The Bertz CT molecular complexity index is 1310. The minimum absolute atomic E-state index is 0.0849. The van der Waals surface area contributed by atoms with E-state index in [0.29, 0.717) is 19.3 Å². The number of carbonyl (C=O) groups is 3. The second-order valence-electron chi connectivity index (χ2n) is 21.3. The molecule has 1 atom stereocenters. The van der Waals surface area contributed by atoms with Crippen LogP contribution in [0.4, 0.5) is 0 Å². The number of rotatable bonds is 58. The highest BCUT2D eigenvalue weighted by molar-refractivity contribution is 5.71. The summed E-state index contributed by atoms with van der Waals surface area (Å²) in [6.07, 6.45) is 78.0. The molecule has 0 aromatic heterocycles. The van der Waals surface area contributed by atoms with Crippen molar-refractivity contribution in [2.24, 2.45) is 0 Å². The van der Waals surface area contributed by atoms with Gasteiger partial charge in [0.1, 0.15) is 13.2 Å². The maximum atomic E-state index is 12.9. The van der Waals surface area contributed by atoms with E-state index in [1.165, 1.54) is 205 Å². The van der Waals surface area contributed by atoms with Crippen molar-refractivity contribution in [1.29, 1.82) is 0 Å². The molecule has 0 aliphatic carbocycles. The number of unbranched alkanes of at least 4 members (excludes halogenated alkanes) is 37. The first kappa shape index (κ1) is 70.1. The lowest BCUT2D eigenvalue weighted by Crippen LogP contribution is -2.30. The zero-order valence-corrected chi connectivity index (χ0v) is 48.7. The van der Waals surface area contributed by atoms with Crippen molar-refractivity contribution in [2.75, 3.05) is 13.2 Å². The fourth-order valence-corrected chi connectivity index (χ4v) is 9.25. The molecular weight excluding hydrogens is 901 g/mol. The highest BCUT2D eigenvalue weighted by Gasteiger charge is 2.19. The number of carbonyl (C=O) groups excluding carboxylic acids is 3. The SMILES string of the molecule is CC/C=C\C/C=C\C/C=C\C/C=C\CCCCC(=O)OC[C@H](COC(=O)CCCCCCCCCCCCCCCCCCCCCCC)OC(=O)CCCCCCCCCCC/C=C\CCCCCCCC. The molecular formula is C67H120O6. The van der Waals surface area contributed by atoms with Crippen LogP contribution in [0.5, 0.6) is 0 Å². The summed E-state index contributed by atoms with van der Waals surface area (Å²) in [5, 5.41) is 0. The van der Waals surface area contributed by atoms with Crippen LogP contribution in [0, 0.1) is 0 Å². The third kappa shape index (κ3) is 59.9. The van der Waals surface area contributed by atoms with Gasteiger partial charge in [0.05, 0.1) is 0 Å². The minimum Gasteiger partial charge on any atom is -0.462 e. The topological polar surface area (TPSA) is 78.9 Å². The summed E-state index contributed by atoms with van der Waals surface area (Å²) in [6, 6.07) is 0. The highest BCUT2D eigenvalue weighted by Crippen LogP contribution is 2.17. The Morgan fingerprint density at radius 3 is 0.877 bits per heavy atom. The molecule has 0 heterocycles. The number of allylic oxidation sites excluding steroid dienone is 10. The van der Waals surface area contributed by atoms with E-state index in [-0.39, 0.29) is 31.1 Å². The van der Waals surface area contributed by atoms with Crippen LogP contribution in [-0.4, -0.2) is 37.2 Å². The molecule has 0 saturated heterocycles.